The largest absolute Gasteiger partial charge is 0.480 e. The molecule has 3 rings (SSSR count). The number of hydrogen-bond acceptors (Lipinski definition) is 5. The van der Waals surface area contributed by atoms with Gasteiger partial charge in [0.2, 0.25) is 0 Å². The number of aliphatic carboxylic acids is 1. The van der Waals surface area contributed by atoms with E-state index in [0.29, 0.717) is 5.69 Å². The van der Waals surface area contributed by atoms with Crippen molar-refractivity contribution < 1.29 is 27.9 Å². The number of aromatic nitrogens is 2. The van der Waals surface area contributed by atoms with Gasteiger partial charge in [0.05, 0.1) is 11.4 Å². The summed E-state index contributed by atoms with van der Waals surface area (Å²) >= 11 is 0. The van der Waals surface area contributed by atoms with E-state index in [1.54, 1.807) is 30.3 Å². The van der Waals surface area contributed by atoms with Gasteiger partial charge in [0, 0.05) is 19.7 Å². The zero-order valence-corrected chi connectivity index (χ0v) is 13.9. The van der Waals surface area contributed by atoms with Gasteiger partial charge in [-0.05, 0) is 12.1 Å². The molecule has 2 heterocycles. The second-order valence-electron chi connectivity index (χ2n) is 5.80. The Morgan fingerprint density at radius 2 is 1.93 bits per heavy atom. The Kier molecular flexibility index (Phi) is 4.60. The highest BCUT2D eigenvalue weighted by Crippen LogP contribution is 2.33. The highest BCUT2D eigenvalue weighted by molar-refractivity contribution is 6.44. The zero-order chi connectivity index (χ0) is 19.8. The quantitative estimate of drug-likeness (QED) is 0.845. The first-order chi connectivity index (χ1) is 12.7. The molecule has 2 aromatic rings. The number of carboxylic acid groups (broad SMARTS) is 1. The minimum atomic E-state index is -4.75. The summed E-state index contributed by atoms with van der Waals surface area (Å²) < 4.78 is 39.9. The molecule has 0 radical (unpaired) electrons. The number of carbonyl (C=O) groups is 2. The Labute approximate surface area is 150 Å². The van der Waals surface area contributed by atoms with E-state index in [0.717, 1.165) is 15.9 Å². The molecule has 0 spiro atoms. The number of aryl methyl sites for hydroxylation is 1. The summed E-state index contributed by atoms with van der Waals surface area (Å²) in [6.45, 7) is 0. The molecule has 0 saturated carbocycles. The van der Waals surface area contributed by atoms with Crippen LogP contribution >= 0.6 is 0 Å². The molecule has 1 aromatic heterocycles. The number of halogens is 3. The first-order valence-corrected chi connectivity index (χ1v) is 7.73. The zero-order valence-electron chi connectivity index (χ0n) is 13.9. The number of nitrogens with one attached hydrogen (secondary N) is 1. The Morgan fingerprint density at radius 1 is 1.26 bits per heavy atom. The van der Waals surface area contributed by atoms with E-state index in [4.69, 9.17) is 0 Å². The predicted octanol–water partition coefficient (Wildman–Crippen LogP) is 2.10. The lowest BCUT2D eigenvalue weighted by molar-refractivity contribution is -0.141. The number of amides is 1. The molecule has 1 aliphatic heterocycles. The third-order valence-electron chi connectivity index (χ3n) is 3.82. The van der Waals surface area contributed by atoms with Crippen LogP contribution in [0.2, 0.25) is 0 Å². The number of alkyl halides is 3. The molecule has 8 nitrogen and oxygen atoms in total. The number of nitrogens with zero attached hydrogens (tertiary/aromatic N) is 4. The summed E-state index contributed by atoms with van der Waals surface area (Å²) in [7, 11) is 1.29. The second kappa shape index (κ2) is 6.74. The number of hydrogen-bond donors (Lipinski definition) is 2. The number of rotatable bonds is 4. The Bertz CT molecular complexity index is 908. The minimum absolute atomic E-state index is 0.191. The van der Waals surface area contributed by atoms with Crippen molar-refractivity contribution in [3.8, 4) is 0 Å². The van der Waals surface area contributed by atoms with Crippen molar-refractivity contribution in [2.24, 2.45) is 12.1 Å². The maximum atomic E-state index is 13.0. The molecular formula is C16H14F3N5O3. The van der Waals surface area contributed by atoms with Crippen LogP contribution in [0.25, 0.3) is 0 Å². The van der Waals surface area contributed by atoms with E-state index in [2.05, 4.69) is 15.5 Å². The van der Waals surface area contributed by atoms with Gasteiger partial charge in [-0.3, -0.25) is 14.5 Å². The van der Waals surface area contributed by atoms with Gasteiger partial charge in [-0.25, -0.2) is 4.79 Å². The number of benzene rings is 1. The lowest BCUT2D eigenvalue weighted by Crippen LogP contribution is -2.34. The molecule has 1 amide bonds. The van der Waals surface area contributed by atoms with Crippen molar-refractivity contribution in [2.75, 3.05) is 10.3 Å². The first-order valence-electron chi connectivity index (χ1n) is 7.73. The van der Waals surface area contributed by atoms with Gasteiger partial charge in [0.1, 0.15) is 5.71 Å². The summed E-state index contributed by atoms with van der Waals surface area (Å²) in [6.07, 6.45) is -3.99. The SMILES string of the molecule is Cn1cc(NC(=O)C2=NN(c3ccccc3)C(C(=O)O)C2)c(C(F)(F)F)n1. The van der Waals surface area contributed by atoms with Gasteiger partial charge in [0.15, 0.2) is 11.7 Å². The highest BCUT2D eigenvalue weighted by Gasteiger charge is 2.39. The summed E-state index contributed by atoms with van der Waals surface area (Å²) in [5.74, 6) is -2.12. The second-order valence-corrected chi connectivity index (χ2v) is 5.80. The van der Waals surface area contributed by atoms with Crippen molar-refractivity contribution in [3.63, 3.8) is 0 Å². The molecule has 142 valence electrons. The van der Waals surface area contributed by atoms with Gasteiger partial charge < -0.3 is 10.4 Å². The Balaban J connectivity index is 1.86. The lowest BCUT2D eigenvalue weighted by atomic mass is 10.1. The van der Waals surface area contributed by atoms with Crippen molar-refractivity contribution >= 4 is 29.0 Å². The van der Waals surface area contributed by atoms with Crippen molar-refractivity contribution in [1.29, 1.82) is 0 Å². The van der Waals surface area contributed by atoms with Crippen LogP contribution in [0.15, 0.2) is 41.6 Å². The van der Waals surface area contributed by atoms with Crippen molar-refractivity contribution in [3.05, 3.63) is 42.2 Å². The lowest BCUT2D eigenvalue weighted by Gasteiger charge is -2.19. The number of carbonyl (C=O) groups excluding carboxylic acids is 1. The van der Waals surface area contributed by atoms with Crippen LogP contribution in [0.5, 0.6) is 0 Å². The fourth-order valence-corrected chi connectivity index (χ4v) is 2.64. The van der Waals surface area contributed by atoms with E-state index < -0.39 is 35.5 Å². The predicted molar refractivity (Wildman–Crippen MR) is 89.2 cm³/mol. The molecule has 2 N–H and O–H groups in total. The summed E-state index contributed by atoms with van der Waals surface area (Å²) in [6, 6.07) is 7.17. The maximum absolute atomic E-state index is 13.0. The molecule has 1 atom stereocenters. The van der Waals surface area contributed by atoms with Crippen LogP contribution in [0.3, 0.4) is 0 Å². The molecule has 1 unspecified atom stereocenters. The summed E-state index contributed by atoms with van der Waals surface area (Å²) in [5, 5.41) is 20.0. The standard InChI is InChI=1S/C16H14F3N5O3/c1-23-8-11(13(22-23)16(17,18)19)20-14(25)10-7-12(15(26)27)24(21-10)9-5-3-2-4-6-9/h2-6,8,12H,7H2,1H3,(H,20,25)(H,26,27). The van der Waals surface area contributed by atoms with Crippen molar-refractivity contribution in [2.45, 2.75) is 18.6 Å². The average molecular weight is 381 g/mol. The molecule has 27 heavy (non-hydrogen) atoms. The van der Waals surface area contributed by atoms with Crippen LogP contribution in [-0.4, -0.2) is 38.5 Å². The van der Waals surface area contributed by atoms with Gasteiger partial charge in [-0.15, -0.1) is 0 Å². The maximum Gasteiger partial charge on any atom is 0.437 e. The summed E-state index contributed by atoms with van der Waals surface area (Å²) in [4.78, 5) is 23.9. The van der Waals surface area contributed by atoms with Crippen LogP contribution < -0.4 is 10.3 Å². The Hall–Kier alpha value is -3.37. The number of anilines is 2. The van der Waals surface area contributed by atoms with Gasteiger partial charge >= 0.3 is 12.1 Å². The fraction of sp³-hybridized carbons (Fsp3) is 0.250. The topological polar surface area (TPSA) is 99.8 Å². The molecule has 0 fully saturated rings. The van der Waals surface area contributed by atoms with Crippen LogP contribution in [-0.2, 0) is 22.8 Å². The van der Waals surface area contributed by atoms with E-state index in [-0.39, 0.29) is 12.1 Å². The van der Waals surface area contributed by atoms with Crippen LogP contribution in [0, 0.1) is 0 Å². The third kappa shape index (κ3) is 3.76. The first kappa shape index (κ1) is 18.4. The smallest absolute Gasteiger partial charge is 0.437 e. The molecule has 0 bridgehead atoms. The molecule has 0 aliphatic carbocycles. The molecule has 11 heteroatoms. The minimum Gasteiger partial charge on any atom is -0.480 e. The molecule has 1 aliphatic rings. The van der Waals surface area contributed by atoms with Crippen LogP contribution in [0.1, 0.15) is 12.1 Å². The average Bonchev–Trinajstić information content (AvgIpc) is 3.19. The normalized spacial score (nSPS) is 17.0. The van der Waals surface area contributed by atoms with Crippen molar-refractivity contribution in [1.82, 2.24) is 9.78 Å². The fourth-order valence-electron chi connectivity index (χ4n) is 2.64. The number of para-hydroxylation sites is 1. The van der Waals surface area contributed by atoms with Gasteiger partial charge in [-0.2, -0.15) is 23.4 Å². The van der Waals surface area contributed by atoms with E-state index >= 15 is 0 Å². The highest BCUT2D eigenvalue weighted by atomic mass is 19.4. The number of hydrazone groups is 1. The van der Waals surface area contributed by atoms with E-state index in [1.807, 2.05) is 0 Å². The van der Waals surface area contributed by atoms with E-state index in [9.17, 15) is 27.9 Å². The third-order valence-corrected chi connectivity index (χ3v) is 3.82. The number of carboxylic acids is 1. The van der Waals surface area contributed by atoms with Gasteiger partial charge in [0.25, 0.3) is 5.91 Å². The Morgan fingerprint density at radius 3 is 2.52 bits per heavy atom. The van der Waals surface area contributed by atoms with Crippen LogP contribution in [0.4, 0.5) is 24.5 Å². The summed E-state index contributed by atoms with van der Waals surface area (Å²) in [5.41, 5.74) is -1.51. The molecule has 1 aromatic carbocycles. The van der Waals surface area contributed by atoms with Gasteiger partial charge in [-0.1, -0.05) is 18.2 Å². The molecular weight excluding hydrogens is 367 g/mol. The molecule has 0 saturated heterocycles. The monoisotopic (exact) mass is 381 g/mol. The van der Waals surface area contributed by atoms with E-state index in [1.165, 1.54) is 7.05 Å².